The van der Waals surface area contributed by atoms with Crippen LogP contribution in [0.25, 0.3) is 6.08 Å². The van der Waals surface area contributed by atoms with Crippen LogP contribution in [0.4, 0.5) is 5.69 Å². The van der Waals surface area contributed by atoms with Crippen LogP contribution in [0.1, 0.15) is 11.1 Å². The minimum absolute atomic E-state index is 0.0625. The van der Waals surface area contributed by atoms with Crippen molar-refractivity contribution in [3.8, 4) is 5.75 Å². The molecule has 7 nitrogen and oxygen atoms in total. The fourth-order valence-corrected chi connectivity index (χ4v) is 2.95. The van der Waals surface area contributed by atoms with Crippen LogP contribution in [0.2, 0.25) is 5.02 Å². The van der Waals surface area contributed by atoms with Crippen LogP contribution >= 0.6 is 23.8 Å². The van der Waals surface area contributed by atoms with Crippen molar-refractivity contribution in [3.63, 3.8) is 0 Å². The Bertz CT molecular complexity index is 1030. The smallest absolute Gasteiger partial charge is 0.263 e. The zero-order chi connectivity index (χ0) is 21.0. The molecule has 0 atom stereocenters. The topological polar surface area (TPSA) is 96.5 Å². The molecule has 1 fully saturated rings. The van der Waals surface area contributed by atoms with E-state index in [1.165, 1.54) is 12.1 Å². The number of halogens is 1. The zero-order valence-corrected chi connectivity index (χ0v) is 16.8. The van der Waals surface area contributed by atoms with Gasteiger partial charge in [-0.3, -0.25) is 25.0 Å². The number of amides is 3. The second-order valence-corrected chi connectivity index (χ2v) is 7.03. The van der Waals surface area contributed by atoms with Gasteiger partial charge in [-0.1, -0.05) is 23.7 Å². The van der Waals surface area contributed by atoms with Crippen LogP contribution in [0.5, 0.6) is 5.75 Å². The van der Waals surface area contributed by atoms with Crippen molar-refractivity contribution in [2.45, 2.75) is 6.92 Å². The first-order valence-electron chi connectivity index (χ1n) is 8.49. The second-order valence-electron chi connectivity index (χ2n) is 6.18. The zero-order valence-electron chi connectivity index (χ0n) is 15.2. The van der Waals surface area contributed by atoms with Crippen molar-refractivity contribution in [2.24, 2.45) is 0 Å². The summed E-state index contributed by atoms with van der Waals surface area (Å²) in [4.78, 5) is 36.3. The monoisotopic (exact) mass is 429 g/mol. The normalized spacial score (nSPS) is 13.4. The van der Waals surface area contributed by atoms with Crippen molar-refractivity contribution >= 4 is 58.4 Å². The van der Waals surface area contributed by atoms with Gasteiger partial charge in [-0.05, 0) is 61.1 Å². The maximum Gasteiger partial charge on any atom is 0.263 e. The third-order valence-electron chi connectivity index (χ3n) is 3.88. The fourth-order valence-electron chi connectivity index (χ4n) is 2.59. The number of carbonyl (C=O) groups excluding carboxylic acids is 3. The first-order valence-corrected chi connectivity index (χ1v) is 9.27. The Kier molecular flexibility index (Phi) is 6.26. The van der Waals surface area contributed by atoms with Crippen LogP contribution in [0.3, 0.4) is 0 Å². The Balaban J connectivity index is 1.76. The summed E-state index contributed by atoms with van der Waals surface area (Å²) in [5.41, 5.74) is 1.88. The Morgan fingerprint density at radius 1 is 1.17 bits per heavy atom. The van der Waals surface area contributed by atoms with Gasteiger partial charge in [0.2, 0.25) is 0 Å². The SMILES string of the molecule is Cc1cccc(NC(=O)COc2ccc(Cl)cc2C=C2C(=O)NC(=S)NC2=O)c1. The molecule has 3 rings (SSSR count). The van der Waals surface area contributed by atoms with E-state index in [9.17, 15) is 14.4 Å². The van der Waals surface area contributed by atoms with Gasteiger partial charge in [0.05, 0.1) is 0 Å². The van der Waals surface area contributed by atoms with E-state index < -0.39 is 11.8 Å². The first kappa shape index (κ1) is 20.5. The number of rotatable bonds is 5. The third-order valence-corrected chi connectivity index (χ3v) is 4.31. The summed E-state index contributed by atoms with van der Waals surface area (Å²) in [6.45, 7) is 1.65. The van der Waals surface area contributed by atoms with E-state index in [-0.39, 0.29) is 28.9 Å². The Hall–Kier alpha value is -3.23. The van der Waals surface area contributed by atoms with Gasteiger partial charge >= 0.3 is 0 Å². The molecule has 2 aromatic rings. The van der Waals surface area contributed by atoms with Gasteiger partial charge in [0.25, 0.3) is 17.7 Å². The predicted octanol–water partition coefficient (Wildman–Crippen LogP) is 2.58. The average molecular weight is 430 g/mol. The Morgan fingerprint density at radius 2 is 1.90 bits per heavy atom. The number of aryl methyl sites for hydroxylation is 1. The molecule has 0 spiro atoms. The largest absolute Gasteiger partial charge is 0.483 e. The molecule has 1 aliphatic rings. The molecule has 0 saturated carbocycles. The quantitative estimate of drug-likeness (QED) is 0.385. The molecule has 0 aliphatic carbocycles. The van der Waals surface area contributed by atoms with E-state index >= 15 is 0 Å². The molecule has 9 heteroatoms. The molecule has 0 radical (unpaired) electrons. The number of ether oxygens (including phenoxy) is 1. The predicted molar refractivity (Wildman–Crippen MR) is 114 cm³/mol. The van der Waals surface area contributed by atoms with Crippen LogP contribution in [-0.2, 0) is 14.4 Å². The summed E-state index contributed by atoms with van der Waals surface area (Å²) in [5.74, 6) is -1.35. The van der Waals surface area contributed by atoms with Crippen molar-refractivity contribution in [1.82, 2.24) is 10.6 Å². The van der Waals surface area contributed by atoms with E-state index in [4.69, 9.17) is 28.6 Å². The van der Waals surface area contributed by atoms with Gasteiger partial charge in [-0.25, -0.2) is 0 Å². The molecule has 1 heterocycles. The lowest BCUT2D eigenvalue weighted by molar-refractivity contribution is -0.123. The number of anilines is 1. The van der Waals surface area contributed by atoms with Gasteiger partial charge < -0.3 is 10.1 Å². The maximum atomic E-state index is 12.2. The summed E-state index contributed by atoms with van der Waals surface area (Å²) in [6, 6.07) is 12.0. The minimum Gasteiger partial charge on any atom is -0.483 e. The molecular weight excluding hydrogens is 414 g/mol. The highest BCUT2D eigenvalue weighted by molar-refractivity contribution is 7.80. The summed E-state index contributed by atoms with van der Waals surface area (Å²) in [7, 11) is 0. The number of hydrogen-bond donors (Lipinski definition) is 3. The number of carbonyl (C=O) groups is 3. The van der Waals surface area contributed by atoms with Gasteiger partial charge in [-0.15, -0.1) is 0 Å². The van der Waals surface area contributed by atoms with Crippen LogP contribution in [0.15, 0.2) is 48.0 Å². The number of benzene rings is 2. The molecule has 1 aliphatic heterocycles. The molecule has 0 aromatic heterocycles. The van der Waals surface area contributed by atoms with Crippen molar-refractivity contribution in [1.29, 1.82) is 0 Å². The molecule has 0 unspecified atom stereocenters. The number of thiocarbonyl (C=S) groups is 1. The molecule has 3 amide bonds. The highest BCUT2D eigenvalue weighted by Gasteiger charge is 2.26. The van der Waals surface area contributed by atoms with Gasteiger partial charge in [0, 0.05) is 16.3 Å². The summed E-state index contributed by atoms with van der Waals surface area (Å²) < 4.78 is 5.59. The van der Waals surface area contributed by atoms with Crippen LogP contribution in [-0.4, -0.2) is 29.4 Å². The van der Waals surface area contributed by atoms with Gasteiger partial charge in [0.1, 0.15) is 11.3 Å². The number of hydrogen-bond acceptors (Lipinski definition) is 5. The standard InChI is InChI=1S/C20H16ClN3O4S/c1-11-3-2-4-14(7-11)22-17(25)10-28-16-6-5-13(21)8-12(16)9-15-18(26)23-20(29)24-19(15)27/h2-9H,10H2,1H3,(H,22,25)(H2,23,24,26,27,29). The lowest BCUT2D eigenvalue weighted by Gasteiger charge is -2.17. The minimum atomic E-state index is -0.637. The Labute approximate surface area is 177 Å². The van der Waals surface area contributed by atoms with Crippen LogP contribution in [0, 0.1) is 6.92 Å². The summed E-state index contributed by atoms with van der Waals surface area (Å²) in [6.07, 6.45) is 1.33. The first-order chi connectivity index (χ1) is 13.8. The second kappa shape index (κ2) is 8.85. The van der Waals surface area contributed by atoms with Crippen molar-refractivity contribution in [3.05, 3.63) is 64.2 Å². The molecular formula is C20H16ClN3O4S. The van der Waals surface area contributed by atoms with E-state index in [0.717, 1.165) is 5.56 Å². The lowest BCUT2D eigenvalue weighted by atomic mass is 10.1. The van der Waals surface area contributed by atoms with Crippen LogP contribution < -0.4 is 20.7 Å². The van der Waals surface area contributed by atoms with E-state index in [0.29, 0.717) is 16.3 Å². The van der Waals surface area contributed by atoms with E-state index in [1.807, 2.05) is 25.1 Å². The highest BCUT2D eigenvalue weighted by Crippen LogP contribution is 2.26. The Morgan fingerprint density at radius 3 is 2.59 bits per heavy atom. The van der Waals surface area contributed by atoms with Crippen molar-refractivity contribution < 1.29 is 19.1 Å². The highest BCUT2D eigenvalue weighted by atomic mass is 35.5. The molecule has 148 valence electrons. The molecule has 1 saturated heterocycles. The molecule has 3 N–H and O–H groups in total. The third kappa shape index (κ3) is 5.40. The lowest BCUT2D eigenvalue weighted by Crippen LogP contribution is -2.51. The molecule has 29 heavy (non-hydrogen) atoms. The summed E-state index contributed by atoms with van der Waals surface area (Å²) in [5, 5.41) is 7.75. The number of nitrogens with one attached hydrogen (secondary N) is 3. The van der Waals surface area contributed by atoms with E-state index in [1.54, 1.807) is 18.2 Å². The molecule has 2 aromatic carbocycles. The van der Waals surface area contributed by atoms with Gasteiger partial charge in [0.15, 0.2) is 11.7 Å². The molecule has 0 bridgehead atoms. The van der Waals surface area contributed by atoms with Crippen molar-refractivity contribution in [2.75, 3.05) is 11.9 Å². The maximum absolute atomic E-state index is 12.2. The van der Waals surface area contributed by atoms with E-state index in [2.05, 4.69) is 16.0 Å². The summed E-state index contributed by atoms with van der Waals surface area (Å²) >= 11 is 10.8. The van der Waals surface area contributed by atoms with Gasteiger partial charge in [-0.2, -0.15) is 0 Å². The fraction of sp³-hybridized carbons (Fsp3) is 0.100. The average Bonchev–Trinajstić information content (AvgIpc) is 2.64.